The van der Waals surface area contributed by atoms with Crippen LogP contribution in [0.1, 0.15) is 40.5 Å². The molecular weight excluding hydrogens is 427 g/mol. The summed E-state index contributed by atoms with van der Waals surface area (Å²) in [5.74, 6) is 0.964. The molecule has 1 atom stereocenters. The summed E-state index contributed by atoms with van der Waals surface area (Å²) in [6, 6.07) is 0.0790. The molecule has 1 unspecified atom stereocenters. The fourth-order valence-corrected chi connectivity index (χ4v) is 2.82. The van der Waals surface area contributed by atoms with E-state index in [1.165, 1.54) is 6.26 Å². The number of nitrogens with zero attached hydrogens (tertiary/aromatic N) is 2. The van der Waals surface area contributed by atoms with Gasteiger partial charge in [0, 0.05) is 25.4 Å². The molecule has 0 aromatic rings. The van der Waals surface area contributed by atoms with Crippen LogP contribution in [0.25, 0.3) is 0 Å². The maximum atomic E-state index is 11.2. The third-order valence-electron chi connectivity index (χ3n) is 3.45. The van der Waals surface area contributed by atoms with Crippen LogP contribution >= 0.6 is 24.0 Å². The van der Waals surface area contributed by atoms with E-state index in [9.17, 15) is 8.42 Å². The van der Waals surface area contributed by atoms with Crippen LogP contribution in [0.15, 0.2) is 4.99 Å². The maximum Gasteiger partial charge on any atom is 0.191 e. The normalized spacial score (nSPS) is 13.6. The lowest BCUT2D eigenvalue weighted by molar-refractivity contribution is 0.302. The molecule has 8 heteroatoms. The van der Waals surface area contributed by atoms with Crippen molar-refractivity contribution < 1.29 is 8.42 Å². The fourth-order valence-electron chi connectivity index (χ4n) is 2.04. The van der Waals surface area contributed by atoms with Crippen molar-refractivity contribution in [2.24, 2.45) is 4.99 Å². The van der Waals surface area contributed by atoms with E-state index in [1.807, 2.05) is 13.8 Å². The smallest absolute Gasteiger partial charge is 0.191 e. The highest BCUT2D eigenvalue weighted by Gasteiger charge is 2.09. The van der Waals surface area contributed by atoms with E-state index in [0.717, 1.165) is 45.1 Å². The fraction of sp³-hybridized carbons (Fsp3) is 0.933. The molecule has 0 aliphatic heterocycles. The Balaban J connectivity index is 0. The Kier molecular flexibility index (Phi) is 15.6. The van der Waals surface area contributed by atoms with Gasteiger partial charge in [-0.2, -0.15) is 0 Å². The van der Waals surface area contributed by atoms with Gasteiger partial charge in [-0.25, -0.2) is 8.42 Å². The lowest BCUT2D eigenvalue weighted by atomic mass is 10.3. The summed E-state index contributed by atoms with van der Waals surface area (Å²) in [5.41, 5.74) is 0. The molecule has 0 saturated heterocycles. The minimum atomic E-state index is -2.91. The molecule has 2 N–H and O–H groups in total. The molecule has 0 aromatic heterocycles. The van der Waals surface area contributed by atoms with E-state index in [4.69, 9.17) is 0 Å². The number of nitrogens with one attached hydrogen (secondary N) is 2. The van der Waals surface area contributed by atoms with Crippen molar-refractivity contribution in [3.05, 3.63) is 0 Å². The van der Waals surface area contributed by atoms with Gasteiger partial charge in [-0.15, -0.1) is 24.0 Å². The topological polar surface area (TPSA) is 73.8 Å². The molecule has 0 spiro atoms. The van der Waals surface area contributed by atoms with Crippen molar-refractivity contribution in [3.8, 4) is 0 Å². The first-order chi connectivity index (χ1) is 10.3. The standard InChI is InChI=1S/C15H34N4O2S.HI/c1-6-16-15(17-11-9-12-19(7-2)8-3)18-14(4)10-13-22(5,20)21;/h14H,6-13H2,1-5H3,(H2,16,17,18);1H. The molecule has 0 aliphatic rings. The predicted octanol–water partition coefficient (Wildman–Crippen LogP) is 1.71. The van der Waals surface area contributed by atoms with Crippen LogP contribution in [0.3, 0.4) is 0 Å². The van der Waals surface area contributed by atoms with Crippen molar-refractivity contribution in [1.29, 1.82) is 0 Å². The summed E-state index contributed by atoms with van der Waals surface area (Å²) in [7, 11) is -2.91. The molecule has 140 valence electrons. The Morgan fingerprint density at radius 2 is 1.83 bits per heavy atom. The van der Waals surface area contributed by atoms with Crippen molar-refractivity contribution in [1.82, 2.24) is 15.5 Å². The highest BCUT2D eigenvalue weighted by molar-refractivity contribution is 14.0. The SMILES string of the molecule is CCNC(=NCCCN(CC)CC)NC(C)CCS(C)(=O)=O.I. The molecule has 0 aromatic carbocycles. The van der Waals surface area contributed by atoms with E-state index >= 15 is 0 Å². The lowest BCUT2D eigenvalue weighted by Crippen LogP contribution is -2.43. The average Bonchev–Trinajstić information content (AvgIpc) is 2.44. The predicted molar refractivity (Wildman–Crippen MR) is 111 cm³/mol. The molecule has 0 heterocycles. The highest BCUT2D eigenvalue weighted by Crippen LogP contribution is 1.96. The second kappa shape index (κ2) is 14.3. The van der Waals surface area contributed by atoms with Crippen LogP contribution in [0.2, 0.25) is 0 Å². The van der Waals surface area contributed by atoms with Gasteiger partial charge in [0.15, 0.2) is 5.96 Å². The van der Waals surface area contributed by atoms with E-state index < -0.39 is 9.84 Å². The molecular formula is C15H35IN4O2S. The largest absolute Gasteiger partial charge is 0.357 e. The highest BCUT2D eigenvalue weighted by atomic mass is 127. The molecule has 23 heavy (non-hydrogen) atoms. The quantitative estimate of drug-likeness (QED) is 0.212. The van der Waals surface area contributed by atoms with Crippen molar-refractivity contribution in [2.75, 3.05) is 44.7 Å². The zero-order chi connectivity index (χ0) is 17.0. The molecule has 0 amide bonds. The van der Waals surface area contributed by atoms with Crippen molar-refractivity contribution in [2.45, 2.75) is 46.6 Å². The summed E-state index contributed by atoms with van der Waals surface area (Å²) < 4.78 is 22.4. The summed E-state index contributed by atoms with van der Waals surface area (Å²) in [5, 5.41) is 6.47. The van der Waals surface area contributed by atoms with Gasteiger partial charge in [0.2, 0.25) is 0 Å². The molecule has 6 nitrogen and oxygen atoms in total. The zero-order valence-electron chi connectivity index (χ0n) is 15.3. The number of rotatable bonds is 11. The van der Waals surface area contributed by atoms with Gasteiger partial charge in [0.05, 0.1) is 5.75 Å². The number of aliphatic imine (C=N–C) groups is 1. The number of guanidine groups is 1. The van der Waals surface area contributed by atoms with Crippen LogP contribution in [-0.2, 0) is 9.84 Å². The Morgan fingerprint density at radius 3 is 2.30 bits per heavy atom. The number of halogens is 1. The Hall–Kier alpha value is -0.0900. The van der Waals surface area contributed by atoms with Gasteiger partial charge < -0.3 is 15.5 Å². The minimum Gasteiger partial charge on any atom is -0.357 e. The van der Waals surface area contributed by atoms with Gasteiger partial charge in [-0.3, -0.25) is 4.99 Å². The first-order valence-electron chi connectivity index (χ1n) is 8.27. The Labute approximate surface area is 159 Å². The van der Waals surface area contributed by atoms with E-state index in [2.05, 4.69) is 34.4 Å². The molecule has 0 radical (unpaired) electrons. The first-order valence-corrected chi connectivity index (χ1v) is 10.3. The van der Waals surface area contributed by atoms with E-state index in [0.29, 0.717) is 6.42 Å². The van der Waals surface area contributed by atoms with Crippen molar-refractivity contribution in [3.63, 3.8) is 0 Å². The second-order valence-electron chi connectivity index (χ2n) is 5.61. The molecule has 0 aliphatic carbocycles. The third-order valence-corrected chi connectivity index (χ3v) is 4.42. The van der Waals surface area contributed by atoms with Gasteiger partial charge >= 0.3 is 0 Å². The minimum absolute atomic E-state index is 0. The van der Waals surface area contributed by atoms with Crippen LogP contribution in [0.5, 0.6) is 0 Å². The first kappa shape index (κ1) is 25.2. The number of hydrogen-bond acceptors (Lipinski definition) is 4. The molecule has 0 rings (SSSR count). The van der Waals surface area contributed by atoms with Crippen LogP contribution in [0, 0.1) is 0 Å². The van der Waals surface area contributed by atoms with Crippen LogP contribution in [0.4, 0.5) is 0 Å². The zero-order valence-corrected chi connectivity index (χ0v) is 18.4. The van der Waals surface area contributed by atoms with E-state index in [1.54, 1.807) is 0 Å². The number of hydrogen-bond donors (Lipinski definition) is 2. The summed E-state index contributed by atoms with van der Waals surface area (Å²) in [4.78, 5) is 6.94. The summed E-state index contributed by atoms with van der Waals surface area (Å²) in [6.07, 6.45) is 2.88. The second-order valence-corrected chi connectivity index (χ2v) is 7.86. The Bertz CT molecular complexity index is 412. The maximum absolute atomic E-state index is 11.2. The van der Waals surface area contributed by atoms with Crippen LogP contribution < -0.4 is 10.6 Å². The third kappa shape index (κ3) is 15.2. The van der Waals surface area contributed by atoms with Gasteiger partial charge in [0.25, 0.3) is 0 Å². The lowest BCUT2D eigenvalue weighted by Gasteiger charge is -2.19. The van der Waals surface area contributed by atoms with Crippen molar-refractivity contribution >= 4 is 39.8 Å². The Morgan fingerprint density at radius 1 is 1.22 bits per heavy atom. The van der Waals surface area contributed by atoms with Gasteiger partial charge in [-0.05, 0) is 46.3 Å². The summed E-state index contributed by atoms with van der Waals surface area (Å²) >= 11 is 0. The number of sulfone groups is 1. The average molecular weight is 462 g/mol. The van der Waals surface area contributed by atoms with Crippen LogP contribution in [-0.4, -0.2) is 70.1 Å². The van der Waals surface area contributed by atoms with E-state index in [-0.39, 0.29) is 35.8 Å². The van der Waals surface area contributed by atoms with Gasteiger partial charge in [0.1, 0.15) is 9.84 Å². The molecule has 0 saturated carbocycles. The monoisotopic (exact) mass is 462 g/mol. The summed E-state index contributed by atoms with van der Waals surface area (Å²) in [6.45, 7) is 13.1. The molecule has 0 bridgehead atoms. The molecule has 0 fully saturated rings. The van der Waals surface area contributed by atoms with Gasteiger partial charge in [-0.1, -0.05) is 13.8 Å².